The predicted octanol–water partition coefficient (Wildman–Crippen LogP) is 7.48. The standard InChI is InChI=1S/C18H18N4O2S.C11H24O.C2H6/c1-12-4-3-5-13(8-12)15-11-25-18(20-15)21-16(23)9-19-17(24)14-6-7-22(2)10-14;1-5-10(3)8-7-9-11(6-2)12-4;1-2/h3-8,10-11H,9H2,1-2H3,(H,19,24)(H,20,21,23);10-11H,5-9H2,1-4H3;1-2H3. The summed E-state index contributed by atoms with van der Waals surface area (Å²) in [6.07, 6.45) is 10.3. The van der Waals surface area contributed by atoms with Crippen molar-refractivity contribution in [2.45, 2.75) is 79.8 Å². The highest BCUT2D eigenvalue weighted by Crippen LogP contribution is 2.25. The average molecular weight is 557 g/mol. The highest BCUT2D eigenvalue weighted by Gasteiger charge is 2.11. The molecule has 0 bridgehead atoms. The third-order valence-electron chi connectivity index (χ3n) is 6.28. The average Bonchev–Trinajstić information content (AvgIpc) is 3.60. The smallest absolute Gasteiger partial charge is 0.253 e. The van der Waals surface area contributed by atoms with Crippen molar-refractivity contribution in [3.05, 3.63) is 59.2 Å². The molecule has 0 saturated carbocycles. The maximum atomic E-state index is 12.0. The summed E-state index contributed by atoms with van der Waals surface area (Å²) >= 11 is 1.35. The van der Waals surface area contributed by atoms with Crippen LogP contribution in [0, 0.1) is 12.8 Å². The number of nitrogens with zero attached hydrogens (tertiary/aromatic N) is 2. The Morgan fingerprint density at radius 1 is 1.13 bits per heavy atom. The molecule has 2 amide bonds. The molecule has 3 aromatic rings. The fourth-order valence-electron chi connectivity index (χ4n) is 3.72. The molecule has 2 aromatic heterocycles. The number of ether oxygens (including phenoxy) is 1. The second-order valence-corrected chi connectivity index (χ2v) is 10.3. The van der Waals surface area contributed by atoms with Crippen LogP contribution in [0.25, 0.3) is 11.3 Å². The van der Waals surface area contributed by atoms with E-state index in [2.05, 4.69) is 36.4 Å². The van der Waals surface area contributed by atoms with Gasteiger partial charge in [0.15, 0.2) is 5.13 Å². The lowest BCUT2D eigenvalue weighted by atomic mass is 9.99. The number of methoxy groups -OCH3 is 1. The van der Waals surface area contributed by atoms with Gasteiger partial charge < -0.3 is 19.9 Å². The van der Waals surface area contributed by atoms with Crippen LogP contribution in [0.3, 0.4) is 0 Å². The number of aromatic nitrogens is 2. The van der Waals surface area contributed by atoms with Gasteiger partial charge in [-0.25, -0.2) is 4.98 Å². The van der Waals surface area contributed by atoms with Gasteiger partial charge in [0.2, 0.25) is 5.91 Å². The van der Waals surface area contributed by atoms with E-state index in [1.54, 1.807) is 23.0 Å². The number of carbonyl (C=O) groups excluding carboxylic acids is 2. The topological polar surface area (TPSA) is 85.3 Å². The Hall–Kier alpha value is -2.97. The number of hydrogen-bond donors (Lipinski definition) is 2. The lowest BCUT2D eigenvalue weighted by molar-refractivity contribution is -0.115. The van der Waals surface area contributed by atoms with Crippen LogP contribution in [0.1, 0.15) is 82.6 Å². The minimum absolute atomic E-state index is 0.104. The summed E-state index contributed by atoms with van der Waals surface area (Å²) < 4.78 is 7.09. The largest absolute Gasteiger partial charge is 0.381 e. The molecule has 2 unspecified atom stereocenters. The van der Waals surface area contributed by atoms with E-state index in [0.717, 1.165) is 29.2 Å². The molecule has 2 atom stereocenters. The van der Waals surface area contributed by atoms with Gasteiger partial charge in [-0.1, -0.05) is 77.6 Å². The van der Waals surface area contributed by atoms with E-state index in [1.807, 2.05) is 64.6 Å². The second kappa shape index (κ2) is 19.1. The maximum absolute atomic E-state index is 12.0. The van der Waals surface area contributed by atoms with Gasteiger partial charge in [-0.2, -0.15) is 0 Å². The van der Waals surface area contributed by atoms with Gasteiger partial charge in [-0.3, -0.25) is 9.59 Å². The van der Waals surface area contributed by atoms with E-state index in [4.69, 9.17) is 4.74 Å². The number of thiazole rings is 1. The van der Waals surface area contributed by atoms with Crippen LogP contribution in [0.2, 0.25) is 0 Å². The van der Waals surface area contributed by atoms with Gasteiger partial charge in [-0.15, -0.1) is 11.3 Å². The number of benzene rings is 1. The molecule has 0 aliphatic carbocycles. The normalized spacial score (nSPS) is 11.8. The predicted molar refractivity (Wildman–Crippen MR) is 164 cm³/mol. The lowest BCUT2D eigenvalue weighted by Crippen LogP contribution is -2.32. The molecule has 39 heavy (non-hydrogen) atoms. The summed E-state index contributed by atoms with van der Waals surface area (Å²) in [6, 6.07) is 9.71. The first kappa shape index (κ1) is 34.1. The zero-order valence-electron chi connectivity index (χ0n) is 25.0. The van der Waals surface area contributed by atoms with Crippen molar-refractivity contribution < 1.29 is 14.3 Å². The van der Waals surface area contributed by atoms with Gasteiger partial charge >= 0.3 is 0 Å². The Morgan fingerprint density at radius 3 is 2.46 bits per heavy atom. The molecule has 0 spiro atoms. The first-order valence-corrected chi connectivity index (χ1v) is 14.9. The quantitative estimate of drug-likeness (QED) is 0.242. The summed E-state index contributed by atoms with van der Waals surface area (Å²) in [5, 5.41) is 7.70. The SMILES string of the molecule is CC.CCC(C)CCCC(CC)OC.Cc1cccc(-c2csc(NC(=O)CNC(=O)c3ccn(C)c3)n2)c1. The second-order valence-electron chi connectivity index (χ2n) is 9.41. The van der Waals surface area contributed by atoms with Crippen LogP contribution >= 0.6 is 11.3 Å². The van der Waals surface area contributed by atoms with E-state index in [-0.39, 0.29) is 18.4 Å². The van der Waals surface area contributed by atoms with Crippen molar-refractivity contribution in [3.8, 4) is 11.3 Å². The fourth-order valence-corrected chi connectivity index (χ4v) is 4.45. The number of carbonyl (C=O) groups is 2. The summed E-state index contributed by atoms with van der Waals surface area (Å²) in [4.78, 5) is 28.3. The first-order valence-electron chi connectivity index (χ1n) is 14.0. The van der Waals surface area contributed by atoms with Crippen LogP contribution in [0.5, 0.6) is 0 Å². The molecule has 3 rings (SSSR count). The molecular weight excluding hydrogens is 508 g/mol. The molecule has 0 radical (unpaired) electrons. The molecule has 0 fully saturated rings. The van der Waals surface area contributed by atoms with E-state index in [0.29, 0.717) is 16.8 Å². The zero-order chi connectivity index (χ0) is 29.2. The van der Waals surface area contributed by atoms with Gasteiger partial charge in [-0.05, 0) is 37.8 Å². The Balaban J connectivity index is 0.000000461. The van der Waals surface area contributed by atoms with E-state index in [1.165, 1.54) is 37.0 Å². The number of hydrogen-bond acceptors (Lipinski definition) is 5. The highest BCUT2D eigenvalue weighted by atomic mass is 32.1. The lowest BCUT2D eigenvalue weighted by Gasteiger charge is -2.14. The van der Waals surface area contributed by atoms with Crippen LogP contribution in [0.15, 0.2) is 48.1 Å². The van der Waals surface area contributed by atoms with Crippen LogP contribution in [-0.2, 0) is 16.6 Å². The van der Waals surface area contributed by atoms with Crippen molar-refractivity contribution in [3.63, 3.8) is 0 Å². The zero-order valence-corrected chi connectivity index (χ0v) is 25.9. The third-order valence-corrected chi connectivity index (χ3v) is 7.03. The molecular formula is C31H48N4O3S. The summed E-state index contributed by atoms with van der Waals surface area (Å²) in [7, 11) is 3.65. The van der Waals surface area contributed by atoms with Crippen molar-refractivity contribution in [2.24, 2.45) is 13.0 Å². The van der Waals surface area contributed by atoms with Gasteiger partial charge in [0.05, 0.1) is 23.9 Å². The summed E-state index contributed by atoms with van der Waals surface area (Å²) in [5.41, 5.74) is 3.50. The van der Waals surface area contributed by atoms with Crippen molar-refractivity contribution in [1.82, 2.24) is 14.9 Å². The Bertz CT molecular complexity index is 1100. The highest BCUT2D eigenvalue weighted by molar-refractivity contribution is 7.14. The monoisotopic (exact) mass is 556 g/mol. The molecule has 0 aliphatic rings. The molecule has 2 heterocycles. The number of anilines is 1. The van der Waals surface area contributed by atoms with E-state index < -0.39 is 0 Å². The van der Waals surface area contributed by atoms with Crippen molar-refractivity contribution in [2.75, 3.05) is 19.0 Å². The summed E-state index contributed by atoms with van der Waals surface area (Å²) in [6.45, 7) is 12.7. The minimum Gasteiger partial charge on any atom is -0.381 e. The molecule has 0 aliphatic heterocycles. The number of nitrogens with one attached hydrogen (secondary N) is 2. The molecule has 7 nitrogen and oxygen atoms in total. The Morgan fingerprint density at radius 2 is 1.87 bits per heavy atom. The van der Waals surface area contributed by atoms with E-state index in [9.17, 15) is 9.59 Å². The van der Waals surface area contributed by atoms with Crippen LogP contribution < -0.4 is 10.6 Å². The number of amides is 2. The first-order chi connectivity index (χ1) is 18.7. The molecule has 0 saturated heterocycles. The third kappa shape index (κ3) is 13.1. The molecule has 8 heteroatoms. The Kier molecular flexibility index (Phi) is 16.7. The molecule has 216 valence electrons. The van der Waals surface area contributed by atoms with Gasteiger partial charge in [0.1, 0.15) is 0 Å². The van der Waals surface area contributed by atoms with Crippen LogP contribution in [0.4, 0.5) is 5.13 Å². The number of aryl methyl sites for hydroxylation is 2. The van der Waals surface area contributed by atoms with Gasteiger partial charge in [0.25, 0.3) is 5.91 Å². The summed E-state index contributed by atoms with van der Waals surface area (Å²) in [5.74, 6) is 0.295. The van der Waals surface area contributed by atoms with Gasteiger partial charge in [0, 0.05) is 37.5 Å². The van der Waals surface area contributed by atoms with Crippen LogP contribution in [-0.4, -0.2) is 41.1 Å². The Labute approximate surface area is 239 Å². The fraction of sp³-hybridized carbons (Fsp3) is 0.516. The van der Waals surface area contributed by atoms with Crippen molar-refractivity contribution >= 4 is 28.3 Å². The van der Waals surface area contributed by atoms with Crippen molar-refractivity contribution in [1.29, 1.82) is 0 Å². The number of rotatable bonds is 12. The molecule has 1 aromatic carbocycles. The maximum Gasteiger partial charge on any atom is 0.253 e. The van der Waals surface area contributed by atoms with E-state index >= 15 is 0 Å². The molecule has 2 N–H and O–H groups in total. The minimum atomic E-state index is -0.311.